The number of aromatic amines is 1. The second-order valence-corrected chi connectivity index (χ2v) is 7.07. The predicted octanol–water partition coefficient (Wildman–Crippen LogP) is 2.81. The topological polar surface area (TPSA) is 91.4 Å². The fourth-order valence-electron chi connectivity index (χ4n) is 2.87. The normalized spacial score (nSPS) is 13.1. The first-order chi connectivity index (χ1) is 13.0. The van der Waals surface area contributed by atoms with Crippen LogP contribution in [0.3, 0.4) is 0 Å². The van der Waals surface area contributed by atoms with Crippen LogP contribution in [0.15, 0.2) is 59.1 Å². The summed E-state index contributed by atoms with van der Waals surface area (Å²) in [4.78, 5) is 27.5. The lowest BCUT2D eigenvalue weighted by Gasteiger charge is -2.22. The number of nitrogens with one attached hydrogen (secondary N) is 2. The molecule has 1 heterocycles. The van der Waals surface area contributed by atoms with E-state index < -0.39 is 24.0 Å². The van der Waals surface area contributed by atoms with Crippen LogP contribution in [0.2, 0.25) is 0 Å². The average Bonchev–Trinajstić information content (AvgIpc) is 3.10. The highest BCUT2D eigenvalue weighted by Gasteiger charge is 2.29. The fourth-order valence-corrected chi connectivity index (χ4v) is 3.25. The molecule has 3 aromatic rings. The molecule has 140 valence electrons. The van der Waals surface area contributed by atoms with Gasteiger partial charge >= 0.3 is 5.97 Å². The van der Waals surface area contributed by atoms with Crippen molar-refractivity contribution in [2.75, 3.05) is 7.11 Å². The zero-order valence-corrected chi connectivity index (χ0v) is 16.2. The Morgan fingerprint density at radius 3 is 2.63 bits per heavy atom. The Morgan fingerprint density at radius 2 is 1.93 bits per heavy atom. The summed E-state index contributed by atoms with van der Waals surface area (Å²) < 4.78 is 5.53. The summed E-state index contributed by atoms with van der Waals surface area (Å²) in [6.07, 6.45) is -1.19. The van der Waals surface area contributed by atoms with Crippen molar-refractivity contribution in [3.63, 3.8) is 0 Å². The molecule has 0 unspecified atom stereocenters. The minimum Gasteiger partial charge on any atom is -0.467 e. The SMILES string of the molecule is COC(=O)[C@H](O)[C@H](Cc1ccccc1)NC(=O)c1cc2cc(Br)ccc2[nH]1. The lowest BCUT2D eigenvalue weighted by molar-refractivity contribution is -0.151. The molecule has 3 rings (SSSR count). The summed E-state index contributed by atoms with van der Waals surface area (Å²) in [6.45, 7) is 0. The molecule has 3 N–H and O–H groups in total. The van der Waals surface area contributed by atoms with Crippen molar-refractivity contribution >= 4 is 38.7 Å². The highest BCUT2D eigenvalue weighted by molar-refractivity contribution is 9.10. The van der Waals surface area contributed by atoms with Gasteiger partial charge in [0.15, 0.2) is 6.10 Å². The van der Waals surface area contributed by atoms with Gasteiger partial charge in [0.05, 0.1) is 13.2 Å². The standard InChI is InChI=1S/C20H19BrN2O4/c1-27-20(26)18(24)16(9-12-5-3-2-4-6-12)23-19(25)17-11-13-10-14(21)7-8-15(13)22-17/h2-8,10-11,16,18,22,24H,9H2,1H3,(H,23,25)/t16-,18+/m0/s1. The van der Waals surface area contributed by atoms with E-state index in [1.807, 2.05) is 48.5 Å². The molecule has 2 aromatic carbocycles. The Hall–Kier alpha value is -2.64. The summed E-state index contributed by atoms with van der Waals surface area (Å²) in [5.74, 6) is -1.21. The van der Waals surface area contributed by atoms with E-state index in [2.05, 4.69) is 31.0 Å². The first-order valence-electron chi connectivity index (χ1n) is 8.37. The van der Waals surface area contributed by atoms with Gasteiger partial charge in [-0.25, -0.2) is 4.79 Å². The van der Waals surface area contributed by atoms with Crippen LogP contribution in [0.25, 0.3) is 10.9 Å². The number of aliphatic hydroxyl groups excluding tert-OH is 1. The number of halogens is 1. The van der Waals surface area contributed by atoms with Gasteiger partial charge in [-0.1, -0.05) is 46.3 Å². The number of esters is 1. The molecule has 0 aliphatic carbocycles. The van der Waals surface area contributed by atoms with Gasteiger partial charge in [0.25, 0.3) is 5.91 Å². The van der Waals surface area contributed by atoms with E-state index in [0.29, 0.717) is 5.69 Å². The third-order valence-electron chi connectivity index (χ3n) is 4.27. The number of fused-ring (bicyclic) bond motifs is 1. The lowest BCUT2D eigenvalue weighted by Crippen LogP contribution is -2.48. The number of methoxy groups -OCH3 is 1. The van der Waals surface area contributed by atoms with Gasteiger partial charge in [-0.05, 0) is 36.2 Å². The van der Waals surface area contributed by atoms with Gasteiger partial charge in [-0.3, -0.25) is 4.79 Å². The molecular weight excluding hydrogens is 412 g/mol. The molecule has 27 heavy (non-hydrogen) atoms. The number of ether oxygens (including phenoxy) is 1. The summed E-state index contributed by atoms with van der Waals surface area (Å²) in [5, 5.41) is 13.9. The van der Waals surface area contributed by atoms with Crippen LogP contribution in [0.1, 0.15) is 16.1 Å². The molecule has 0 fully saturated rings. The van der Waals surface area contributed by atoms with Crippen molar-refractivity contribution in [2.45, 2.75) is 18.6 Å². The van der Waals surface area contributed by atoms with Crippen LogP contribution in [-0.4, -0.2) is 41.2 Å². The molecule has 0 saturated heterocycles. The van der Waals surface area contributed by atoms with Crippen LogP contribution in [0, 0.1) is 0 Å². The molecule has 0 aliphatic heterocycles. The lowest BCUT2D eigenvalue weighted by atomic mass is 10.0. The highest BCUT2D eigenvalue weighted by atomic mass is 79.9. The third-order valence-corrected chi connectivity index (χ3v) is 4.76. The minimum absolute atomic E-state index is 0.286. The zero-order valence-electron chi connectivity index (χ0n) is 14.6. The van der Waals surface area contributed by atoms with Crippen LogP contribution in [0.4, 0.5) is 0 Å². The van der Waals surface area contributed by atoms with Crippen molar-refractivity contribution < 1.29 is 19.4 Å². The van der Waals surface area contributed by atoms with Gasteiger partial charge < -0.3 is 20.1 Å². The molecule has 1 amide bonds. The average molecular weight is 431 g/mol. The van der Waals surface area contributed by atoms with E-state index in [1.54, 1.807) is 6.07 Å². The number of hydrogen-bond acceptors (Lipinski definition) is 4. The smallest absolute Gasteiger partial charge is 0.336 e. The van der Waals surface area contributed by atoms with Crippen molar-refractivity contribution in [2.24, 2.45) is 0 Å². The molecule has 7 heteroatoms. The van der Waals surface area contributed by atoms with E-state index in [-0.39, 0.29) is 6.42 Å². The zero-order chi connectivity index (χ0) is 19.4. The number of rotatable bonds is 6. The number of carbonyl (C=O) groups is 2. The second kappa shape index (κ2) is 8.37. The summed E-state index contributed by atoms with van der Waals surface area (Å²) >= 11 is 3.40. The molecule has 0 bridgehead atoms. The Bertz CT molecular complexity index is 955. The number of aliphatic hydroxyl groups is 1. The van der Waals surface area contributed by atoms with E-state index in [4.69, 9.17) is 0 Å². The Labute approximate surface area is 164 Å². The Morgan fingerprint density at radius 1 is 1.19 bits per heavy atom. The maximum atomic E-state index is 12.7. The molecular formula is C20H19BrN2O4. The van der Waals surface area contributed by atoms with Crippen molar-refractivity contribution in [1.82, 2.24) is 10.3 Å². The number of hydrogen-bond donors (Lipinski definition) is 3. The van der Waals surface area contributed by atoms with Gasteiger partial charge in [-0.2, -0.15) is 0 Å². The van der Waals surface area contributed by atoms with Crippen molar-refractivity contribution in [3.05, 3.63) is 70.3 Å². The third kappa shape index (κ3) is 4.56. The van der Waals surface area contributed by atoms with E-state index >= 15 is 0 Å². The van der Waals surface area contributed by atoms with E-state index in [9.17, 15) is 14.7 Å². The monoisotopic (exact) mass is 430 g/mol. The maximum absolute atomic E-state index is 12.7. The summed E-state index contributed by atoms with van der Waals surface area (Å²) in [6, 6.07) is 15.8. The van der Waals surface area contributed by atoms with E-state index in [0.717, 1.165) is 20.9 Å². The number of benzene rings is 2. The van der Waals surface area contributed by atoms with E-state index in [1.165, 1.54) is 7.11 Å². The fraction of sp³-hybridized carbons (Fsp3) is 0.200. The first-order valence-corrected chi connectivity index (χ1v) is 9.16. The molecule has 2 atom stereocenters. The molecule has 6 nitrogen and oxygen atoms in total. The van der Waals surface area contributed by atoms with Gasteiger partial charge in [0, 0.05) is 15.4 Å². The number of aromatic nitrogens is 1. The van der Waals surface area contributed by atoms with Gasteiger partial charge in [-0.15, -0.1) is 0 Å². The number of carbonyl (C=O) groups excluding carboxylic acids is 2. The van der Waals surface area contributed by atoms with Gasteiger partial charge in [0.1, 0.15) is 5.69 Å². The van der Waals surface area contributed by atoms with Crippen LogP contribution in [-0.2, 0) is 16.0 Å². The molecule has 0 spiro atoms. The van der Waals surface area contributed by atoms with Crippen LogP contribution >= 0.6 is 15.9 Å². The predicted molar refractivity (Wildman–Crippen MR) is 105 cm³/mol. The minimum atomic E-state index is -1.47. The van der Waals surface area contributed by atoms with Crippen LogP contribution in [0.5, 0.6) is 0 Å². The molecule has 1 aromatic heterocycles. The largest absolute Gasteiger partial charge is 0.467 e. The molecule has 0 saturated carbocycles. The molecule has 0 aliphatic rings. The highest BCUT2D eigenvalue weighted by Crippen LogP contribution is 2.20. The summed E-state index contributed by atoms with van der Waals surface area (Å²) in [5.41, 5.74) is 2.04. The number of H-pyrrole nitrogens is 1. The van der Waals surface area contributed by atoms with Gasteiger partial charge in [0.2, 0.25) is 0 Å². The molecule has 0 radical (unpaired) electrons. The van der Waals surface area contributed by atoms with Crippen molar-refractivity contribution in [3.8, 4) is 0 Å². The van der Waals surface area contributed by atoms with Crippen molar-refractivity contribution in [1.29, 1.82) is 0 Å². The Kier molecular flexibility index (Phi) is 5.93. The van der Waals surface area contributed by atoms with Crippen LogP contribution < -0.4 is 5.32 Å². The Balaban J connectivity index is 1.82. The number of amides is 1. The summed E-state index contributed by atoms with van der Waals surface area (Å²) in [7, 11) is 1.20. The quantitative estimate of drug-likeness (QED) is 0.524. The maximum Gasteiger partial charge on any atom is 0.336 e. The first kappa shape index (κ1) is 19.1. The second-order valence-electron chi connectivity index (χ2n) is 6.15.